The molecular formula is C17H21N3O3. The molecule has 0 bridgehead atoms. The minimum absolute atomic E-state index is 0.325. The zero-order valence-corrected chi connectivity index (χ0v) is 13.3. The van der Waals surface area contributed by atoms with E-state index in [2.05, 4.69) is 15.3 Å². The molecule has 0 amide bonds. The van der Waals surface area contributed by atoms with E-state index in [1.54, 1.807) is 18.6 Å². The number of rotatable bonds is 8. The molecular weight excluding hydrogens is 294 g/mol. The van der Waals surface area contributed by atoms with E-state index in [0.29, 0.717) is 30.5 Å². The average Bonchev–Trinajstić information content (AvgIpc) is 2.53. The molecule has 6 nitrogen and oxygen atoms in total. The molecule has 6 heteroatoms. The molecule has 0 fully saturated rings. The number of benzene rings is 1. The Labute approximate surface area is 135 Å². The Morgan fingerprint density at radius 3 is 2.57 bits per heavy atom. The van der Waals surface area contributed by atoms with Gasteiger partial charge in [-0.2, -0.15) is 0 Å². The number of nitrogens with one attached hydrogen (secondary N) is 1. The summed E-state index contributed by atoms with van der Waals surface area (Å²) in [5.74, 6) is 0.597. The summed E-state index contributed by atoms with van der Waals surface area (Å²) >= 11 is 0. The largest absolute Gasteiger partial charge is 0.480 e. The maximum Gasteiger partial charge on any atom is 0.320 e. The summed E-state index contributed by atoms with van der Waals surface area (Å²) in [5, 5.41) is 12.3. The minimum Gasteiger partial charge on any atom is -0.480 e. The first-order valence-corrected chi connectivity index (χ1v) is 7.53. The molecule has 0 spiro atoms. The van der Waals surface area contributed by atoms with Gasteiger partial charge in [0.1, 0.15) is 11.8 Å². The van der Waals surface area contributed by atoms with Crippen LogP contribution < -0.4 is 10.1 Å². The highest BCUT2D eigenvalue weighted by Gasteiger charge is 2.17. The molecule has 1 aromatic heterocycles. The predicted octanol–water partition coefficient (Wildman–Crippen LogP) is 2.86. The van der Waals surface area contributed by atoms with Crippen LogP contribution >= 0.6 is 0 Å². The van der Waals surface area contributed by atoms with Crippen molar-refractivity contribution in [2.75, 3.05) is 0 Å². The Hall–Kier alpha value is -2.47. The topological polar surface area (TPSA) is 84.3 Å². The number of hydrogen-bond donors (Lipinski definition) is 2. The van der Waals surface area contributed by atoms with Gasteiger partial charge in [-0.05, 0) is 30.0 Å². The van der Waals surface area contributed by atoms with E-state index in [4.69, 9.17) is 4.74 Å². The SMILES string of the molecule is CC(C)C[C@@H](NCc1ccc(Oc2cnccn2)cc1)C(=O)O. The van der Waals surface area contributed by atoms with Crippen LogP contribution in [0.3, 0.4) is 0 Å². The van der Waals surface area contributed by atoms with E-state index in [-0.39, 0.29) is 0 Å². The normalized spacial score (nSPS) is 12.1. The van der Waals surface area contributed by atoms with Crippen LogP contribution in [0.25, 0.3) is 0 Å². The molecule has 23 heavy (non-hydrogen) atoms. The van der Waals surface area contributed by atoms with Crippen molar-refractivity contribution in [1.82, 2.24) is 15.3 Å². The number of hydrogen-bond acceptors (Lipinski definition) is 5. The molecule has 1 aromatic carbocycles. The highest BCUT2D eigenvalue weighted by molar-refractivity contribution is 5.73. The Balaban J connectivity index is 1.90. The smallest absolute Gasteiger partial charge is 0.320 e. The van der Waals surface area contributed by atoms with Crippen LogP contribution in [0, 0.1) is 5.92 Å². The zero-order chi connectivity index (χ0) is 16.7. The minimum atomic E-state index is -0.818. The van der Waals surface area contributed by atoms with Gasteiger partial charge in [-0.3, -0.25) is 9.78 Å². The number of carboxylic acid groups (broad SMARTS) is 1. The number of aliphatic carboxylic acids is 1. The van der Waals surface area contributed by atoms with Crippen LogP contribution in [0.15, 0.2) is 42.9 Å². The summed E-state index contributed by atoms with van der Waals surface area (Å²) in [4.78, 5) is 19.2. The molecule has 2 rings (SSSR count). The summed E-state index contributed by atoms with van der Waals surface area (Å²) in [5.41, 5.74) is 0.992. The van der Waals surface area contributed by atoms with Gasteiger partial charge < -0.3 is 15.2 Å². The second-order valence-electron chi connectivity index (χ2n) is 5.69. The molecule has 0 unspecified atom stereocenters. The summed E-state index contributed by atoms with van der Waals surface area (Å²) in [7, 11) is 0. The van der Waals surface area contributed by atoms with Crippen LogP contribution in [0.5, 0.6) is 11.6 Å². The van der Waals surface area contributed by atoms with Crippen molar-refractivity contribution in [3.8, 4) is 11.6 Å². The first-order valence-electron chi connectivity index (χ1n) is 7.53. The predicted molar refractivity (Wildman–Crippen MR) is 86.3 cm³/mol. The van der Waals surface area contributed by atoms with Crippen LogP contribution in [0.2, 0.25) is 0 Å². The van der Waals surface area contributed by atoms with Gasteiger partial charge in [0.2, 0.25) is 5.88 Å². The molecule has 2 N–H and O–H groups in total. The molecule has 0 radical (unpaired) electrons. The third-order valence-electron chi connectivity index (χ3n) is 3.24. The Bertz CT molecular complexity index is 615. The number of aromatic nitrogens is 2. The fourth-order valence-electron chi connectivity index (χ4n) is 2.12. The molecule has 1 heterocycles. The van der Waals surface area contributed by atoms with E-state index in [1.807, 2.05) is 38.1 Å². The van der Waals surface area contributed by atoms with E-state index >= 15 is 0 Å². The van der Waals surface area contributed by atoms with Gasteiger partial charge >= 0.3 is 5.97 Å². The van der Waals surface area contributed by atoms with Crippen molar-refractivity contribution in [2.24, 2.45) is 5.92 Å². The molecule has 0 saturated heterocycles. The van der Waals surface area contributed by atoms with Crippen LogP contribution in [-0.2, 0) is 11.3 Å². The van der Waals surface area contributed by atoms with Gasteiger partial charge in [0.25, 0.3) is 0 Å². The lowest BCUT2D eigenvalue weighted by atomic mass is 10.0. The van der Waals surface area contributed by atoms with Crippen molar-refractivity contribution in [1.29, 1.82) is 0 Å². The number of ether oxygens (including phenoxy) is 1. The van der Waals surface area contributed by atoms with Crippen LogP contribution in [0.1, 0.15) is 25.8 Å². The molecule has 0 saturated carbocycles. The lowest BCUT2D eigenvalue weighted by Crippen LogP contribution is -2.37. The Morgan fingerprint density at radius 2 is 2.00 bits per heavy atom. The third kappa shape index (κ3) is 5.67. The highest BCUT2D eigenvalue weighted by Crippen LogP contribution is 2.18. The summed E-state index contributed by atoms with van der Waals surface area (Å²) in [6.45, 7) is 4.52. The quantitative estimate of drug-likeness (QED) is 0.779. The average molecular weight is 315 g/mol. The second-order valence-corrected chi connectivity index (χ2v) is 5.69. The lowest BCUT2D eigenvalue weighted by molar-refractivity contribution is -0.140. The molecule has 1 atom stereocenters. The summed E-state index contributed by atoms with van der Waals surface area (Å²) < 4.78 is 5.56. The van der Waals surface area contributed by atoms with Gasteiger partial charge in [0.15, 0.2) is 0 Å². The first kappa shape index (κ1) is 16.9. The molecule has 122 valence electrons. The molecule has 0 aliphatic rings. The monoisotopic (exact) mass is 315 g/mol. The van der Waals surface area contributed by atoms with Crippen molar-refractivity contribution < 1.29 is 14.6 Å². The first-order chi connectivity index (χ1) is 11.0. The Morgan fingerprint density at radius 1 is 1.26 bits per heavy atom. The number of carbonyl (C=O) groups is 1. The van der Waals surface area contributed by atoms with Crippen molar-refractivity contribution >= 4 is 5.97 Å². The van der Waals surface area contributed by atoms with Gasteiger partial charge in [0.05, 0.1) is 6.20 Å². The molecule has 0 aliphatic heterocycles. The summed E-state index contributed by atoms with van der Waals surface area (Å²) in [6.07, 6.45) is 5.29. The van der Waals surface area contributed by atoms with Crippen molar-refractivity contribution in [2.45, 2.75) is 32.9 Å². The molecule has 0 aliphatic carbocycles. The highest BCUT2D eigenvalue weighted by atomic mass is 16.5. The van der Waals surface area contributed by atoms with E-state index < -0.39 is 12.0 Å². The molecule has 2 aromatic rings. The maximum atomic E-state index is 11.2. The van der Waals surface area contributed by atoms with Gasteiger partial charge in [-0.15, -0.1) is 0 Å². The van der Waals surface area contributed by atoms with Gasteiger partial charge in [0, 0.05) is 18.9 Å². The standard InChI is InChI=1S/C17H21N3O3/c1-12(2)9-15(17(21)22)20-10-13-3-5-14(6-4-13)23-16-11-18-7-8-19-16/h3-8,11-12,15,20H,9-10H2,1-2H3,(H,21,22)/t15-/m1/s1. The van der Waals surface area contributed by atoms with E-state index in [9.17, 15) is 9.90 Å². The lowest BCUT2D eigenvalue weighted by Gasteiger charge is -2.16. The summed E-state index contributed by atoms with van der Waals surface area (Å²) in [6, 6.07) is 6.90. The van der Waals surface area contributed by atoms with Crippen molar-refractivity contribution in [3.63, 3.8) is 0 Å². The number of nitrogens with zero attached hydrogens (tertiary/aromatic N) is 2. The van der Waals surface area contributed by atoms with Crippen LogP contribution in [0.4, 0.5) is 0 Å². The van der Waals surface area contributed by atoms with E-state index in [1.165, 1.54) is 0 Å². The fraction of sp³-hybridized carbons (Fsp3) is 0.353. The van der Waals surface area contributed by atoms with E-state index in [0.717, 1.165) is 5.56 Å². The van der Waals surface area contributed by atoms with Gasteiger partial charge in [-0.1, -0.05) is 26.0 Å². The van der Waals surface area contributed by atoms with Crippen molar-refractivity contribution in [3.05, 3.63) is 48.4 Å². The van der Waals surface area contributed by atoms with Crippen LogP contribution in [-0.4, -0.2) is 27.1 Å². The second kappa shape index (κ2) is 8.24. The zero-order valence-electron chi connectivity index (χ0n) is 13.3. The maximum absolute atomic E-state index is 11.2. The third-order valence-corrected chi connectivity index (χ3v) is 3.24. The number of carboxylic acids is 1. The Kier molecular flexibility index (Phi) is 6.05. The fourth-order valence-corrected chi connectivity index (χ4v) is 2.12. The van der Waals surface area contributed by atoms with Gasteiger partial charge in [-0.25, -0.2) is 4.98 Å².